The molecule has 1 N–H and O–H groups in total. The molecule has 2 aromatic rings. The molecule has 0 aliphatic carbocycles. The third kappa shape index (κ3) is 4.28. The van der Waals surface area contributed by atoms with Crippen LogP contribution in [0.2, 0.25) is 5.02 Å². The molecule has 1 aliphatic rings. The third-order valence-corrected chi connectivity index (χ3v) is 5.48. The van der Waals surface area contributed by atoms with Gasteiger partial charge in [0.05, 0.1) is 11.9 Å². The summed E-state index contributed by atoms with van der Waals surface area (Å²) in [7, 11) is -3.70. The smallest absolute Gasteiger partial charge is 0.248 e. The van der Waals surface area contributed by atoms with Crippen LogP contribution in [0.1, 0.15) is 13.3 Å². The number of fused-ring (bicyclic) bond motifs is 1. The number of rotatable bonds is 6. The fourth-order valence-electron chi connectivity index (χ4n) is 2.85. The van der Waals surface area contributed by atoms with Crippen molar-refractivity contribution in [1.29, 1.82) is 0 Å². The fraction of sp³-hybridized carbons (Fsp3) is 0.278. The van der Waals surface area contributed by atoms with Gasteiger partial charge >= 0.3 is 0 Å². The summed E-state index contributed by atoms with van der Waals surface area (Å²) in [6.07, 6.45) is 1.35. The van der Waals surface area contributed by atoms with Gasteiger partial charge < -0.3 is 14.8 Å². The second-order valence-corrected chi connectivity index (χ2v) is 8.31. The Morgan fingerprint density at radius 1 is 1.19 bits per heavy atom. The van der Waals surface area contributed by atoms with Crippen LogP contribution in [0.4, 0.5) is 11.4 Å². The minimum absolute atomic E-state index is 0.128. The Kier molecular flexibility index (Phi) is 5.48. The second-order valence-electron chi connectivity index (χ2n) is 6.02. The topological polar surface area (TPSA) is 84.9 Å². The molecule has 0 radical (unpaired) electrons. The Hall–Kier alpha value is -2.45. The lowest BCUT2D eigenvalue weighted by Crippen LogP contribution is -2.46. The van der Waals surface area contributed by atoms with Gasteiger partial charge in [0.1, 0.15) is 6.04 Å². The summed E-state index contributed by atoms with van der Waals surface area (Å²) in [5.41, 5.74) is 0.863. The van der Waals surface area contributed by atoms with Gasteiger partial charge in [0, 0.05) is 16.8 Å². The first kappa shape index (κ1) is 19.3. The van der Waals surface area contributed by atoms with Crippen LogP contribution in [0.3, 0.4) is 0 Å². The van der Waals surface area contributed by atoms with Crippen LogP contribution in [-0.4, -0.2) is 33.4 Å². The van der Waals surface area contributed by atoms with Crippen molar-refractivity contribution in [2.45, 2.75) is 19.4 Å². The van der Waals surface area contributed by atoms with E-state index in [1.54, 1.807) is 49.4 Å². The molecule has 0 aromatic heterocycles. The minimum Gasteiger partial charge on any atom is -0.454 e. The molecule has 0 fully saturated rings. The van der Waals surface area contributed by atoms with Crippen molar-refractivity contribution < 1.29 is 22.7 Å². The lowest BCUT2D eigenvalue weighted by Gasteiger charge is -2.30. The van der Waals surface area contributed by atoms with E-state index in [-0.39, 0.29) is 13.2 Å². The van der Waals surface area contributed by atoms with Gasteiger partial charge in [-0.1, -0.05) is 18.5 Å². The Morgan fingerprint density at radius 3 is 2.48 bits per heavy atom. The molecule has 0 unspecified atom stereocenters. The maximum Gasteiger partial charge on any atom is 0.248 e. The number of carbonyl (C=O) groups excluding carboxylic acids is 1. The summed E-state index contributed by atoms with van der Waals surface area (Å²) in [6, 6.07) is 10.4. The van der Waals surface area contributed by atoms with Gasteiger partial charge in [-0.25, -0.2) is 8.42 Å². The average molecular weight is 411 g/mol. The van der Waals surface area contributed by atoms with Crippen LogP contribution in [0, 0.1) is 0 Å². The molecule has 0 saturated heterocycles. The zero-order valence-corrected chi connectivity index (χ0v) is 16.4. The van der Waals surface area contributed by atoms with Crippen LogP contribution in [-0.2, 0) is 14.8 Å². The van der Waals surface area contributed by atoms with Crippen molar-refractivity contribution in [2.75, 3.05) is 22.7 Å². The van der Waals surface area contributed by atoms with Crippen molar-refractivity contribution >= 4 is 38.9 Å². The molecule has 0 saturated carbocycles. The lowest BCUT2D eigenvalue weighted by atomic mass is 10.1. The average Bonchev–Trinajstić information content (AvgIpc) is 3.07. The zero-order chi connectivity index (χ0) is 19.6. The lowest BCUT2D eigenvalue weighted by molar-refractivity contribution is -0.117. The van der Waals surface area contributed by atoms with E-state index in [2.05, 4.69) is 5.32 Å². The van der Waals surface area contributed by atoms with Gasteiger partial charge in [0.25, 0.3) is 0 Å². The Morgan fingerprint density at radius 2 is 1.85 bits per heavy atom. The predicted molar refractivity (Wildman–Crippen MR) is 104 cm³/mol. The number of nitrogens with one attached hydrogen (secondary N) is 1. The summed E-state index contributed by atoms with van der Waals surface area (Å²) in [4.78, 5) is 12.9. The summed E-state index contributed by atoms with van der Waals surface area (Å²) < 4.78 is 36.5. The number of carbonyl (C=O) groups is 1. The molecule has 1 amide bonds. The van der Waals surface area contributed by atoms with Gasteiger partial charge in [-0.2, -0.15) is 0 Å². The number of amides is 1. The van der Waals surface area contributed by atoms with Crippen molar-refractivity contribution in [1.82, 2.24) is 0 Å². The van der Waals surface area contributed by atoms with E-state index in [4.69, 9.17) is 21.1 Å². The normalized spacial score (nSPS) is 13.9. The number of anilines is 2. The number of benzene rings is 2. The van der Waals surface area contributed by atoms with E-state index in [1.165, 1.54) is 0 Å². The predicted octanol–water partition coefficient (Wildman–Crippen LogP) is 3.25. The van der Waals surface area contributed by atoms with Gasteiger partial charge in [-0.3, -0.25) is 9.10 Å². The van der Waals surface area contributed by atoms with E-state index in [0.29, 0.717) is 27.9 Å². The molecule has 0 bridgehead atoms. The summed E-state index contributed by atoms with van der Waals surface area (Å²) >= 11 is 5.89. The first-order valence-corrected chi connectivity index (χ1v) is 10.5. The highest BCUT2D eigenvalue weighted by Crippen LogP contribution is 2.34. The molecule has 144 valence electrons. The van der Waals surface area contributed by atoms with E-state index in [1.807, 2.05) is 0 Å². The SMILES string of the molecule is CC[C@H](C(=O)Nc1ccc2c(c1)OCO2)N(c1ccc(Cl)cc1)S(C)(=O)=O. The highest BCUT2D eigenvalue weighted by Gasteiger charge is 2.31. The molecular weight excluding hydrogens is 392 g/mol. The molecular formula is C18H19ClN2O5S. The molecule has 1 aliphatic heterocycles. The maximum absolute atomic E-state index is 12.9. The van der Waals surface area contributed by atoms with Gasteiger partial charge in [-0.15, -0.1) is 0 Å². The second kappa shape index (κ2) is 7.66. The summed E-state index contributed by atoms with van der Waals surface area (Å²) in [5, 5.41) is 3.23. The zero-order valence-electron chi connectivity index (χ0n) is 14.8. The van der Waals surface area contributed by atoms with Gasteiger partial charge in [0.15, 0.2) is 11.5 Å². The van der Waals surface area contributed by atoms with Crippen LogP contribution >= 0.6 is 11.6 Å². The van der Waals surface area contributed by atoms with E-state index < -0.39 is 22.0 Å². The molecule has 27 heavy (non-hydrogen) atoms. The summed E-state index contributed by atoms with van der Waals surface area (Å²) in [5.74, 6) is 0.675. The Balaban J connectivity index is 1.88. The van der Waals surface area contributed by atoms with Gasteiger partial charge in [-0.05, 0) is 42.8 Å². The Labute approximate surface area is 162 Å². The van der Waals surface area contributed by atoms with E-state index in [9.17, 15) is 13.2 Å². The summed E-state index contributed by atoms with van der Waals surface area (Å²) in [6.45, 7) is 1.88. The minimum atomic E-state index is -3.70. The molecule has 1 atom stereocenters. The number of sulfonamides is 1. The first-order chi connectivity index (χ1) is 12.8. The Bertz CT molecular complexity index is 947. The maximum atomic E-state index is 12.9. The van der Waals surface area contributed by atoms with Crippen LogP contribution < -0.4 is 19.1 Å². The quantitative estimate of drug-likeness (QED) is 0.790. The number of halogens is 1. The number of hydrogen-bond donors (Lipinski definition) is 1. The molecule has 3 rings (SSSR count). The number of nitrogens with zero attached hydrogens (tertiary/aromatic N) is 1. The number of hydrogen-bond acceptors (Lipinski definition) is 5. The molecule has 7 nitrogen and oxygen atoms in total. The first-order valence-electron chi connectivity index (χ1n) is 8.25. The van der Waals surface area contributed by atoms with Crippen LogP contribution in [0.5, 0.6) is 11.5 Å². The van der Waals surface area contributed by atoms with E-state index in [0.717, 1.165) is 10.6 Å². The molecule has 1 heterocycles. The monoisotopic (exact) mass is 410 g/mol. The van der Waals surface area contributed by atoms with Gasteiger partial charge in [0.2, 0.25) is 22.7 Å². The molecule has 2 aromatic carbocycles. The van der Waals surface area contributed by atoms with Crippen molar-refractivity contribution in [3.05, 3.63) is 47.5 Å². The van der Waals surface area contributed by atoms with Crippen molar-refractivity contribution in [3.8, 4) is 11.5 Å². The number of ether oxygens (including phenoxy) is 2. The standard InChI is InChI=1S/C18H19ClN2O5S/c1-3-15(21(27(2,23)24)14-7-4-12(19)5-8-14)18(22)20-13-6-9-16-17(10-13)26-11-25-16/h4-10,15H,3,11H2,1-2H3,(H,20,22)/t15-/m1/s1. The molecule has 0 spiro atoms. The van der Waals surface area contributed by atoms with E-state index >= 15 is 0 Å². The van der Waals surface area contributed by atoms with Crippen LogP contribution in [0.15, 0.2) is 42.5 Å². The largest absolute Gasteiger partial charge is 0.454 e. The highest BCUT2D eigenvalue weighted by atomic mass is 35.5. The fourth-order valence-corrected chi connectivity index (χ4v) is 4.19. The van der Waals surface area contributed by atoms with Crippen molar-refractivity contribution in [2.24, 2.45) is 0 Å². The van der Waals surface area contributed by atoms with Crippen LogP contribution in [0.25, 0.3) is 0 Å². The van der Waals surface area contributed by atoms with Crippen molar-refractivity contribution in [3.63, 3.8) is 0 Å². The highest BCUT2D eigenvalue weighted by molar-refractivity contribution is 7.92. The third-order valence-electron chi connectivity index (χ3n) is 4.05. The molecule has 9 heteroatoms.